The van der Waals surface area contributed by atoms with Crippen LogP contribution in [0.1, 0.15) is 11.8 Å². The summed E-state index contributed by atoms with van der Waals surface area (Å²) in [4.78, 5) is 15.0. The van der Waals surface area contributed by atoms with Crippen LogP contribution in [0.4, 0.5) is 0 Å². The third-order valence-electron chi connectivity index (χ3n) is 2.88. The number of hydrogen-bond acceptors (Lipinski definition) is 4. The lowest BCUT2D eigenvalue weighted by Gasteiger charge is -2.20. The van der Waals surface area contributed by atoms with Crippen LogP contribution < -0.4 is 4.74 Å². The van der Waals surface area contributed by atoms with Gasteiger partial charge >= 0.3 is 0 Å². The second kappa shape index (κ2) is 6.96. The number of phenolic OH excluding ortho intramolecular Hbond substituents is 1. The first-order valence-electron chi connectivity index (χ1n) is 6.41. The number of para-hydroxylation sites is 2. The number of rotatable bonds is 6. The van der Waals surface area contributed by atoms with Crippen LogP contribution in [0.3, 0.4) is 0 Å². The fourth-order valence-electron chi connectivity index (χ4n) is 1.78. The SMILES string of the molecule is CCN(Cc1cccs1)C(=O)COc1ccccc1O. The van der Waals surface area contributed by atoms with Crippen LogP contribution in [0.5, 0.6) is 11.5 Å². The van der Waals surface area contributed by atoms with E-state index in [9.17, 15) is 9.90 Å². The van der Waals surface area contributed by atoms with E-state index in [0.29, 0.717) is 18.8 Å². The van der Waals surface area contributed by atoms with Gasteiger partial charge in [0.1, 0.15) is 0 Å². The van der Waals surface area contributed by atoms with E-state index in [4.69, 9.17) is 4.74 Å². The van der Waals surface area contributed by atoms with Crippen molar-refractivity contribution >= 4 is 17.2 Å². The van der Waals surface area contributed by atoms with E-state index in [-0.39, 0.29) is 18.3 Å². The summed E-state index contributed by atoms with van der Waals surface area (Å²) in [6.45, 7) is 3.08. The first-order chi connectivity index (χ1) is 9.70. The molecule has 1 N–H and O–H groups in total. The Morgan fingerprint density at radius 2 is 2.10 bits per heavy atom. The fourth-order valence-corrected chi connectivity index (χ4v) is 2.50. The molecular formula is C15H17NO3S. The third-order valence-corrected chi connectivity index (χ3v) is 3.74. The fraction of sp³-hybridized carbons (Fsp3) is 0.267. The minimum absolute atomic E-state index is 0.0432. The number of phenols is 1. The molecule has 0 saturated carbocycles. The van der Waals surface area contributed by atoms with Gasteiger partial charge in [0, 0.05) is 11.4 Å². The Bertz CT molecular complexity index is 554. The van der Waals surface area contributed by atoms with Crippen LogP contribution in [0, 0.1) is 0 Å². The van der Waals surface area contributed by atoms with E-state index < -0.39 is 0 Å². The summed E-state index contributed by atoms with van der Waals surface area (Å²) in [5.41, 5.74) is 0. The van der Waals surface area contributed by atoms with Crippen molar-refractivity contribution in [1.82, 2.24) is 4.90 Å². The summed E-state index contributed by atoms with van der Waals surface area (Å²) in [5, 5.41) is 11.6. The molecule has 0 saturated heterocycles. The lowest BCUT2D eigenvalue weighted by atomic mass is 10.3. The van der Waals surface area contributed by atoms with Crippen molar-refractivity contribution in [3.8, 4) is 11.5 Å². The number of hydrogen-bond donors (Lipinski definition) is 1. The largest absolute Gasteiger partial charge is 0.504 e. The minimum Gasteiger partial charge on any atom is -0.504 e. The number of benzene rings is 1. The molecule has 0 spiro atoms. The predicted molar refractivity (Wildman–Crippen MR) is 79.0 cm³/mol. The molecule has 0 bridgehead atoms. The average Bonchev–Trinajstić information content (AvgIpc) is 2.96. The van der Waals surface area contributed by atoms with Gasteiger partial charge in [0.25, 0.3) is 5.91 Å². The molecule has 1 heterocycles. The highest BCUT2D eigenvalue weighted by atomic mass is 32.1. The average molecular weight is 291 g/mol. The Balaban J connectivity index is 1.91. The standard InChI is InChI=1S/C15H17NO3S/c1-2-16(10-12-6-5-9-20-12)15(18)11-19-14-8-4-3-7-13(14)17/h3-9,17H,2,10-11H2,1H3. The van der Waals surface area contributed by atoms with Gasteiger partial charge in [0.15, 0.2) is 18.1 Å². The molecule has 2 rings (SSSR count). The van der Waals surface area contributed by atoms with Crippen LogP contribution in [0.25, 0.3) is 0 Å². The predicted octanol–water partition coefficient (Wildman–Crippen LogP) is 2.88. The van der Waals surface area contributed by atoms with Crippen molar-refractivity contribution in [1.29, 1.82) is 0 Å². The Morgan fingerprint density at radius 1 is 1.30 bits per heavy atom. The number of ether oxygens (including phenoxy) is 1. The zero-order valence-corrected chi connectivity index (χ0v) is 12.1. The van der Waals surface area contributed by atoms with Gasteiger partial charge in [-0.15, -0.1) is 11.3 Å². The van der Waals surface area contributed by atoms with Crippen LogP contribution >= 0.6 is 11.3 Å². The molecular weight excluding hydrogens is 274 g/mol. The second-order valence-electron chi connectivity index (χ2n) is 4.24. The molecule has 106 valence electrons. The maximum absolute atomic E-state index is 12.1. The highest BCUT2D eigenvalue weighted by Crippen LogP contribution is 2.24. The highest BCUT2D eigenvalue weighted by molar-refractivity contribution is 7.09. The van der Waals surface area contributed by atoms with Crippen LogP contribution in [-0.2, 0) is 11.3 Å². The van der Waals surface area contributed by atoms with E-state index in [1.165, 1.54) is 6.07 Å². The molecule has 2 aromatic rings. The van der Waals surface area contributed by atoms with Crippen molar-refractivity contribution in [3.05, 3.63) is 46.7 Å². The van der Waals surface area contributed by atoms with E-state index in [0.717, 1.165) is 4.88 Å². The smallest absolute Gasteiger partial charge is 0.260 e. The maximum atomic E-state index is 12.1. The molecule has 0 fully saturated rings. The van der Waals surface area contributed by atoms with Crippen LogP contribution in [0.15, 0.2) is 41.8 Å². The van der Waals surface area contributed by atoms with Crippen LogP contribution in [-0.4, -0.2) is 29.1 Å². The Kier molecular flexibility index (Phi) is 5.01. The maximum Gasteiger partial charge on any atom is 0.260 e. The summed E-state index contributed by atoms with van der Waals surface area (Å²) in [6.07, 6.45) is 0. The second-order valence-corrected chi connectivity index (χ2v) is 5.28. The number of likely N-dealkylation sites (N-methyl/N-ethyl adjacent to an activating group) is 1. The highest BCUT2D eigenvalue weighted by Gasteiger charge is 2.14. The lowest BCUT2D eigenvalue weighted by molar-refractivity contribution is -0.133. The first kappa shape index (κ1) is 14.4. The van der Waals surface area contributed by atoms with Gasteiger partial charge in [0.2, 0.25) is 0 Å². The normalized spacial score (nSPS) is 10.2. The van der Waals surface area contributed by atoms with E-state index >= 15 is 0 Å². The Morgan fingerprint density at radius 3 is 2.75 bits per heavy atom. The summed E-state index contributed by atoms with van der Waals surface area (Å²) in [7, 11) is 0. The Labute approximate surface area is 122 Å². The zero-order chi connectivity index (χ0) is 14.4. The molecule has 1 aromatic heterocycles. The van der Waals surface area contributed by atoms with E-state index in [1.807, 2.05) is 24.4 Å². The number of thiophene rings is 1. The molecule has 0 aliphatic heterocycles. The molecule has 0 aliphatic carbocycles. The molecule has 4 nitrogen and oxygen atoms in total. The molecule has 5 heteroatoms. The number of amides is 1. The molecule has 20 heavy (non-hydrogen) atoms. The van der Waals surface area contributed by atoms with Gasteiger partial charge in [-0.25, -0.2) is 0 Å². The molecule has 0 atom stereocenters. The molecule has 0 aliphatic rings. The minimum atomic E-state index is -0.0934. The summed E-state index contributed by atoms with van der Waals surface area (Å²) >= 11 is 1.63. The van der Waals surface area contributed by atoms with Crippen LogP contribution in [0.2, 0.25) is 0 Å². The van der Waals surface area contributed by atoms with Crippen molar-refractivity contribution in [2.75, 3.05) is 13.2 Å². The zero-order valence-electron chi connectivity index (χ0n) is 11.3. The molecule has 0 unspecified atom stereocenters. The van der Waals surface area contributed by atoms with Crippen molar-refractivity contribution in [3.63, 3.8) is 0 Å². The topological polar surface area (TPSA) is 49.8 Å². The van der Waals surface area contributed by atoms with Gasteiger partial charge in [-0.2, -0.15) is 0 Å². The monoisotopic (exact) mass is 291 g/mol. The van der Waals surface area contributed by atoms with Crippen molar-refractivity contribution in [2.45, 2.75) is 13.5 Å². The number of carbonyl (C=O) groups is 1. The summed E-state index contributed by atoms with van der Waals surface area (Å²) in [5.74, 6) is 0.277. The molecule has 0 radical (unpaired) electrons. The first-order valence-corrected chi connectivity index (χ1v) is 7.29. The summed E-state index contributed by atoms with van der Waals surface area (Å²) < 4.78 is 5.36. The van der Waals surface area contributed by atoms with Gasteiger partial charge < -0.3 is 14.7 Å². The van der Waals surface area contributed by atoms with Crippen molar-refractivity contribution in [2.24, 2.45) is 0 Å². The number of nitrogens with zero attached hydrogens (tertiary/aromatic N) is 1. The molecule has 1 amide bonds. The third kappa shape index (κ3) is 3.74. The summed E-state index contributed by atoms with van der Waals surface area (Å²) in [6, 6.07) is 10.6. The number of aromatic hydroxyl groups is 1. The van der Waals surface area contributed by atoms with E-state index in [1.54, 1.807) is 34.4 Å². The molecule has 1 aromatic carbocycles. The van der Waals surface area contributed by atoms with Gasteiger partial charge in [0.05, 0.1) is 6.54 Å². The quantitative estimate of drug-likeness (QED) is 0.890. The van der Waals surface area contributed by atoms with Gasteiger partial charge in [-0.3, -0.25) is 4.79 Å². The van der Waals surface area contributed by atoms with Gasteiger partial charge in [-0.1, -0.05) is 18.2 Å². The van der Waals surface area contributed by atoms with E-state index in [2.05, 4.69) is 0 Å². The number of carbonyl (C=O) groups excluding carboxylic acids is 1. The Hall–Kier alpha value is -2.01. The van der Waals surface area contributed by atoms with Gasteiger partial charge in [-0.05, 0) is 30.5 Å². The lowest BCUT2D eigenvalue weighted by Crippen LogP contribution is -2.34. The van der Waals surface area contributed by atoms with Crippen molar-refractivity contribution < 1.29 is 14.6 Å².